The van der Waals surface area contributed by atoms with Crippen LogP contribution in [0.5, 0.6) is 0 Å². The maximum absolute atomic E-state index is 11.9. The molecule has 0 radical (unpaired) electrons. The fourth-order valence-corrected chi connectivity index (χ4v) is 3.86. The molecule has 2 fully saturated rings. The Balaban J connectivity index is 0.000000318. The van der Waals surface area contributed by atoms with Gasteiger partial charge in [0, 0.05) is 33.6 Å². The van der Waals surface area contributed by atoms with Crippen molar-refractivity contribution in [1.29, 1.82) is 0 Å². The van der Waals surface area contributed by atoms with Crippen LogP contribution in [0.1, 0.15) is 13.3 Å². The molecule has 2 atom stereocenters. The predicted octanol–water partition coefficient (Wildman–Crippen LogP) is 2.03. The van der Waals surface area contributed by atoms with Crippen molar-refractivity contribution in [3.8, 4) is 0 Å². The lowest BCUT2D eigenvalue weighted by Gasteiger charge is -2.46. The maximum atomic E-state index is 11.9. The summed E-state index contributed by atoms with van der Waals surface area (Å²) in [6.07, 6.45) is -4.00. The lowest BCUT2D eigenvalue weighted by molar-refractivity contribution is -0.192. The van der Waals surface area contributed by atoms with Crippen molar-refractivity contribution < 1.29 is 32.6 Å². The normalized spacial score (nSPS) is 21.6. The average molecular weight is 428 g/mol. The summed E-state index contributed by atoms with van der Waals surface area (Å²) in [6.45, 7) is 4.67. The van der Waals surface area contributed by atoms with Crippen molar-refractivity contribution in [2.45, 2.75) is 31.7 Å². The number of ether oxygens (including phenoxy) is 1. The minimum atomic E-state index is -5.08. The van der Waals surface area contributed by atoms with Crippen molar-refractivity contribution in [2.75, 3.05) is 31.1 Å². The van der Waals surface area contributed by atoms with Crippen molar-refractivity contribution in [1.82, 2.24) is 14.5 Å². The number of aromatic nitrogens is 2. The number of piperidine rings is 1. The van der Waals surface area contributed by atoms with Crippen molar-refractivity contribution >= 4 is 28.9 Å². The lowest BCUT2D eigenvalue weighted by atomic mass is 9.99. The van der Waals surface area contributed by atoms with Gasteiger partial charge in [-0.15, -0.1) is 0 Å². The number of carboxylic acids is 1. The zero-order valence-electron chi connectivity index (χ0n) is 16.6. The van der Waals surface area contributed by atoms with Crippen LogP contribution >= 0.6 is 0 Å². The largest absolute Gasteiger partial charge is 0.490 e. The van der Waals surface area contributed by atoms with E-state index >= 15 is 0 Å². The molecule has 3 heterocycles. The molecule has 2 saturated heterocycles. The lowest BCUT2D eigenvalue weighted by Crippen LogP contribution is -2.61. The molecule has 30 heavy (non-hydrogen) atoms. The summed E-state index contributed by atoms with van der Waals surface area (Å²) < 4.78 is 39.8. The number of amides is 1. The van der Waals surface area contributed by atoms with E-state index in [2.05, 4.69) is 22.6 Å². The Labute approximate surface area is 170 Å². The summed E-state index contributed by atoms with van der Waals surface area (Å²) >= 11 is 0. The Kier molecular flexibility index (Phi) is 6.20. The molecule has 164 valence electrons. The first kappa shape index (κ1) is 21.9. The van der Waals surface area contributed by atoms with E-state index in [0.717, 1.165) is 36.5 Å². The second-order valence-corrected chi connectivity index (χ2v) is 7.19. The quantitative estimate of drug-likeness (QED) is 0.748. The molecular weight excluding hydrogens is 405 g/mol. The molecule has 0 aliphatic carbocycles. The van der Waals surface area contributed by atoms with Crippen molar-refractivity contribution in [3.63, 3.8) is 0 Å². The van der Waals surface area contributed by atoms with Gasteiger partial charge in [0.25, 0.3) is 0 Å². The van der Waals surface area contributed by atoms with Gasteiger partial charge in [0.2, 0.25) is 11.9 Å². The first-order chi connectivity index (χ1) is 14.1. The number of aryl methyl sites for hydroxylation is 1. The van der Waals surface area contributed by atoms with E-state index < -0.39 is 12.1 Å². The Morgan fingerprint density at radius 3 is 2.50 bits per heavy atom. The van der Waals surface area contributed by atoms with Crippen LogP contribution in [0.25, 0.3) is 11.0 Å². The standard InChI is InChI=1S/C17H22N4O2.C2HF3O2/c1-12(22)21-9-10-23-16-7-8-20(11-15(16)21)17-18-13-5-3-4-6-14(13)19(17)2;3-2(4,5)1(6)7/h3-6,15-16H,7-11H2,1-2H3;(H,6,7). The molecule has 0 saturated carbocycles. The number of aliphatic carboxylic acids is 1. The van der Waals surface area contributed by atoms with Crippen LogP contribution in [0.4, 0.5) is 19.1 Å². The molecule has 1 aromatic heterocycles. The highest BCUT2D eigenvalue weighted by Crippen LogP contribution is 2.28. The second kappa shape index (κ2) is 8.50. The molecule has 2 aromatic rings. The molecule has 2 aliphatic heterocycles. The summed E-state index contributed by atoms with van der Waals surface area (Å²) in [4.78, 5) is 29.9. The molecular formula is C19H23F3N4O4. The Morgan fingerprint density at radius 2 is 1.90 bits per heavy atom. The number of para-hydroxylation sites is 2. The molecule has 0 spiro atoms. The number of carbonyl (C=O) groups excluding carboxylic acids is 1. The summed E-state index contributed by atoms with van der Waals surface area (Å²) in [5.74, 6) is -1.65. The van der Waals surface area contributed by atoms with Crippen LogP contribution in [0.2, 0.25) is 0 Å². The van der Waals surface area contributed by atoms with Gasteiger partial charge in [0.15, 0.2) is 0 Å². The van der Waals surface area contributed by atoms with E-state index in [4.69, 9.17) is 19.6 Å². The molecule has 4 rings (SSSR count). The van der Waals surface area contributed by atoms with Crippen LogP contribution in [-0.4, -0.2) is 76.0 Å². The molecule has 1 N–H and O–H groups in total. The maximum Gasteiger partial charge on any atom is 0.490 e. The van der Waals surface area contributed by atoms with Crippen LogP contribution in [0, 0.1) is 0 Å². The number of anilines is 1. The molecule has 8 nitrogen and oxygen atoms in total. The van der Waals surface area contributed by atoms with Crippen LogP contribution in [-0.2, 0) is 21.4 Å². The monoisotopic (exact) mass is 428 g/mol. The first-order valence-corrected chi connectivity index (χ1v) is 9.45. The van der Waals surface area contributed by atoms with E-state index in [1.165, 1.54) is 0 Å². The summed E-state index contributed by atoms with van der Waals surface area (Å²) in [7, 11) is 2.05. The number of halogens is 3. The number of carbonyl (C=O) groups is 2. The van der Waals surface area contributed by atoms with Gasteiger partial charge in [-0.05, 0) is 18.6 Å². The zero-order valence-corrected chi connectivity index (χ0v) is 16.6. The van der Waals surface area contributed by atoms with Gasteiger partial charge in [-0.1, -0.05) is 12.1 Å². The summed E-state index contributed by atoms with van der Waals surface area (Å²) in [5.41, 5.74) is 2.14. The SMILES string of the molecule is CC(=O)N1CCOC2CCN(c3nc4ccccc4n3C)CC21.O=C(O)C(F)(F)F. The number of alkyl halides is 3. The number of rotatable bonds is 1. The van der Waals surface area contributed by atoms with Gasteiger partial charge in [-0.2, -0.15) is 13.2 Å². The number of imidazole rings is 1. The topological polar surface area (TPSA) is 87.9 Å². The predicted molar refractivity (Wildman–Crippen MR) is 102 cm³/mol. The highest BCUT2D eigenvalue weighted by atomic mass is 19.4. The minimum absolute atomic E-state index is 0.120. The molecule has 2 aliphatic rings. The second-order valence-electron chi connectivity index (χ2n) is 7.19. The van der Waals surface area contributed by atoms with Gasteiger partial charge in [0.05, 0.1) is 29.8 Å². The van der Waals surface area contributed by atoms with E-state index in [9.17, 15) is 18.0 Å². The average Bonchev–Trinajstić information content (AvgIpc) is 3.03. The van der Waals surface area contributed by atoms with Gasteiger partial charge >= 0.3 is 12.1 Å². The first-order valence-electron chi connectivity index (χ1n) is 9.45. The van der Waals surface area contributed by atoms with Gasteiger partial charge in [0.1, 0.15) is 0 Å². The summed E-state index contributed by atoms with van der Waals surface area (Å²) in [6, 6.07) is 8.29. The number of nitrogens with zero attached hydrogens (tertiary/aromatic N) is 4. The fraction of sp³-hybridized carbons (Fsp3) is 0.526. The number of benzene rings is 1. The highest BCUT2D eigenvalue weighted by Gasteiger charge is 2.39. The third kappa shape index (κ3) is 4.50. The van der Waals surface area contributed by atoms with E-state index in [-0.39, 0.29) is 18.1 Å². The number of hydrogen-bond acceptors (Lipinski definition) is 5. The third-order valence-electron chi connectivity index (χ3n) is 5.28. The summed E-state index contributed by atoms with van der Waals surface area (Å²) in [5, 5.41) is 7.12. The van der Waals surface area contributed by atoms with Crippen molar-refractivity contribution in [3.05, 3.63) is 24.3 Å². The highest BCUT2D eigenvalue weighted by molar-refractivity contribution is 5.79. The smallest absolute Gasteiger partial charge is 0.475 e. The molecule has 1 aromatic carbocycles. The van der Waals surface area contributed by atoms with Gasteiger partial charge in [-0.3, -0.25) is 4.79 Å². The van der Waals surface area contributed by atoms with E-state index in [0.29, 0.717) is 13.2 Å². The Bertz CT molecular complexity index is 930. The Hall–Kier alpha value is -2.82. The molecule has 0 bridgehead atoms. The third-order valence-corrected chi connectivity index (χ3v) is 5.28. The van der Waals surface area contributed by atoms with Gasteiger partial charge in [-0.25, -0.2) is 9.78 Å². The molecule has 2 unspecified atom stereocenters. The number of fused-ring (bicyclic) bond motifs is 2. The van der Waals surface area contributed by atoms with Crippen LogP contribution < -0.4 is 4.90 Å². The van der Waals surface area contributed by atoms with Crippen molar-refractivity contribution in [2.24, 2.45) is 7.05 Å². The molecule has 1 amide bonds. The van der Waals surface area contributed by atoms with Crippen LogP contribution in [0.15, 0.2) is 24.3 Å². The van der Waals surface area contributed by atoms with E-state index in [1.54, 1.807) is 6.92 Å². The van der Waals surface area contributed by atoms with E-state index in [1.807, 2.05) is 23.1 Å². The number of hydrogen-bond donors (Lipinski definition) is 1. The molecule has 11 heteroatoms. The Morgan fingerprint density at radius 1 is 1.23 bits per heavy atom. The van der Waals surface area contributed by atoms with Crippen LogP contribution in [0.3, 0.4) is 0 Å². The number of morpholine rings is 1. The zero-order chi connectivity index (χ0) is 22.1. The van der Waals surface area contributed by atoms with Gasteiger partial charge < -0.3 is 24.2 Å². The minimum Gasteiger partial charge on any atom is -0.475 e. The fourth-order valence-electron chi connectivity index (χ4n) is 3.86. The number of carboxylic acid groups (broad SMARTS) is 1.